The van der Waals surface area contributed by atoms with E-state index >= 15 is 0 Å². The smallest absolute Gasteiger partial charge is 0.263 e. The third-order valence-corrected chi connectivity index (χ3v) is 6.13. The van der Waals surface area contributed by atoms with E-state index in [-0.39, 0.29) is 5.56 Å². The number of aromatic nitrogens is 4. The van der Waals surface area contributed by atoms with Crippen LogP contribution in [0.4, 0.5) is 0 Å². The molecule has 0 aliphatic carbocycles. The molecule has 0 unspecified atom stereocenters. The molecule has 160 valence electrons. The van der Waals surface area contributed by atoms with Crippen molar-refractivity contribution >= 4 is 28.4 Å². The largest absolute Gasteiger partial charge is 0.493 e. The maximum absolute atomic E-state index is 13.3. The van der Waals surface area contributed by atoms with Gasteiger partial charge in [-0.1, -0.05) is 66.4 Å². The number of thioether (sulfide) groups is 1. The fraction of sp³-hybridized carbons (Fsp3) is 0.160. The Kier molecular flexibility index (Phi) is 5.64. The Hall–Kier alpha value is -3.58. The summed E-state index contributed by atoms with van der Waals surface area (Å²) < 4.78 is 9.53. The summed E-state index contributed by atoms with van der Waals surface area (Å²) in [5.74, 6) is 2.11. The van der Waals surface area contributed by atoms with Crippen molar-refractivity contribution in [3.05, 3.63) is 100 Å². The number of para-hydroxylation sites is 1. The zero-order valence-corrected chi connectivity index (χ0v) is 18.5. The molecule has 0 atom stereocenters. The summed E-state index contributed by atoms with van der Waals surface area (Å²) >= 11 is 1.56. The lowest BCUT2D eigenvalue weighted by Crippen LogP contribution is -2.24. The molecule has 0 saturated heterocycles. The monoisotopic (exact) mass is 442 g/mol. The van der Waals surface area contributed by atoms with Crippen LogP contribution in [-0.2, 0) is 6.54 Å². The lowest BCUT2D eigenvalue weighted by molar-refractivity contribution is 0.343. The van der Waals surface area contributed by atoms with Gasteiger partial charge in [-0.15, -0.1) is 10.2 Å². The van der Waals surface area contributed by atoms with Crippen LogP contribution in [0.15, 0.2) is 88.8 Å². The predicted octanol–water partition coefficient (Wildman–Crippen LogP) is 4.57. The molecule has 32 heavy (non-hydrogen) atoms. The maximum Gasteiger partial charge on any atom is 0.263 e. The standard InChI is InChI=1S/C25H22N4O2S/c1-18-8-7-11-20(16-18)31-14-15-32-25-27-26-24-28(17-19-9-3-2-4-10-19)23(30)21-12-5-6-13-22(21)29(24)25/h2-13,16H,14-15,17H2,1H3. The Balaban J connectivity index is 1.47. The molecule has 0 fully saturated rings. The number of hydrogen-bond acceptors (Lipinski definition) is 5. The van der Waals surface area contributed by atoms with Crippen molar-refractivity contribution in [2.45, 2.75) is 18.6 Å². The van der Waals surface area contributed by atoms with Crippen molar-refractivity contribution in [1.82, 2.24) is 19.2 Å². The summed E-state index contributed by atoms with van der Waals surface area (Å²) in [7, 11) is 0. The Morgan fingerprint density at radius 1 is 0.938 bits per heavy atom. The molecule has 5 rings (SSSR count). The van der Waals surface area contributed by atoms with Crippen LogP contribution in [0.5, 0.6) is 5.75 Å². The van der Waals surface area contributed by atoms with Crippen molar-refractivity contribution in [3.63, 3.8) is 0 Å². The second-order valence-corrected chi connectivity index (χ2v) is 8.59. The number of nitrogens with zero attached hydrogens (tertiary/aromatic N) is 4. The number of fused-ring (bicyclic) bond motifs is 3. The average molecular weight is 443 g/mol. The summed E-state index contributed by atoms with van der Waals surface area (Å²) in [5, 5.41) is 10.2. The normalized spacial score (nSPS) is 11.3. The van der Waals surface area contributed by atoms with Gasteiger partial charge >= 0.3 is 0 Å². The first-order valence-electron chi connectivity index (χ1n) is 10.4. The molecule has 0 aliphatic rings. The van der Waals surface area contributed by atoms with Gasteiger partial charge in [0.25, 0.3) is 5.56 Å². The molecule has 2 aromatic heterocycles. The first kappa shape index (κ1) is 20.3. The number of rotatable bonds is 7. The summed E-state index contributed by atoms with van der Waals surface area (Å²) in [5.41, 5.74) is 2.95. The van der Waals surface area contributed by atoms with Crippen LogP contribution in [-0.4, -0.2) is 31.5 Å². The summed E-state index contributed by atoms with van der Waals surface area (Å²) in [6.45, 7) is 3.03. The Labute approximate surface area is 189 Å². The highest BCUT2D eigenvalue weighted by atomic mass is 32.2. The molecule has 3 aromatic carbocycles. The molecule has 0 radical (unpaired) electrons. The minimum Gasteiger partial charge on any atom is -0.493 e. The van der Waals surface area contributed by atoms with Gasteiger partial charge in [0.1, 0.15) is 5.75 Å². The minimum atomic E-state index is -0.0660. The molecule has 7 heteroatoms. The van der Waals surface area contributed by atoms with Gasteiger partial charge in [0.15, 0.2) is 5.16 Å². The van der Waals surface area contributed by atoms with E-state index in [4.69, 9.17) is 4.74 Å². The average Bonchev–Trinajstić information content (AvgIpc) is 3.24. The molecule has 6 nitrogen and oxygen atoms in total. The zero-order valence-electron chi connectivity index (χ0n) is 17.6. The predicted molar refractivity (Wildman–Crippen MR) is 128 cm³/mol. The quantitative estimate of drug-likeness (QED) is 0.273. The second-order valence-electron chi connectivity index (χ2n) is 7.53. The van der Waals surface area contributed by atoms with Crippen molar-refractivity contribution in [2.24, 2.45) is 0 Å². The maximum atomic E-state index is 13.3. The Morgan fingerprint density at radius 2 is 1.75 bits per heavy atom. The van der Waals surface area contributed by atoms with Crippen LogP contribution >= 0.6 is 11.8 Å². The van der Waals surface area contributed by atoms with E-state index in [1.807, 2.05) is 90.2 Å². The summed E-state index contributed by atoms with van der Waals surface area (Å²) in [6, 6.07) is 25.5. The highest BCUT2D eigenvalue weighted by molar-refractivity contribution is 7.99. The second kappa shape index (κ2) is 8.88. The number of aryl methyl sites for hydroxylation is 1. The van der Waals surface area contributed by atoms with E-state index < -0.39 is 0 Å². The number of ether oxygens (including phenoxy) is 1. The minimum absolute atomic E-state index is 0.0660. The zero-order chi connectivity index (χ0) is 21.9. The molecule has 0 saturated carbocycles. The van der Waals surface area contributed by atoms with Gasteiger partial charge in [0.2, 0.25) is 5.78 Å². The van der Waals surface area contributed by atoms with Gasteiger partial charge in [-0.05, 0) is 42.3 Å². The van der Waals surface area contributed by atoms with Crippen LogP contribution in [0.3, 0.4) is 0 Å². The molecular weight excluding hydrogens is 420 g/mol. The molecule has 0 bridgehead atoms. The van der Waals surface area contributed by atoms with Gasteiger partial charge in [0, 0.05) is 5.75 Å². The van der Waals surface area contributed by atoms with Crippen molar-refractivity contribution in [2.75, 3.05) is 12.4 Å². The van der Waals surface area contributed by atoms with Crippen molar-refractivity contribution < 1.29 is 4.74 Å². The van der Waals surface area contributed by atoms with Gasteiger partial charge in [-0.3, -0.25) is 13.8 Å². The Morgan fingerprint density at radius 3 is 2.59 bits per heavy atom. The van der Waals surface area contributed by atoms with E-state index in [0.29, 0.717) is 30.1 Å². The van der Waals surface area contributed by atoms with Crippen LogP contribution in [0.1, 0.15) is 11.1 Å². The van der Waals surface area contributed by atoms with E-state index in [2.05, 4.69) is 10.2 Å². The van der Waals surface area contributed by atoms with Crippen LogP contribution in [0.25, 0.3) is 16.7 Å². The molecule has 0 N–H and O–H groups in total. The van der Waals surface area contributed by atoms with Crippen LogP contribution < -0.4 is 10.3 Å². The van der Waals surface area contributed by atoms with E-state index in [9.17, 15) is 4.79 Å². The SMILES string of the molecule is Cc1cccc(OCCSc2nnc3n(Cc4ccccc4)c(=O)c4ccccc4n23)c1. The fourth-order valence-corrected chi connectivity index (χ4v) is 4.49. The lowest BCUT2D eigenvalue weighted by atomic mass is 10.2. The molecule has 5 aromatic rings. The van der Waals surface area contributed by atoms with E-state index in [0.717, 1.165) is 22.0 Å². The third kappa shape index (κ3) is 3.99. The number of hydrogen-bond donors (Lipinski definition) is 0. The van der Waals surface area contributed by atoms with Gasteiger partial charge in [0.05, 0.1) is 24.1 Å². The number of benzene rings is 3. The Bertz CT molecular complexity index is 1440. The highest BCUT2D eigenvalue weighted by Crippen LogP contribution is 2.22. The molecular formula is C25H22N4O2S. The van der Waals surface area contributed by atoms with Crippen molar-refractivity contribution in [1.29, 1.82) is 0 Å². The molecule has 2 heterocycles. The van der Waals surface area contributed by atoms with Gasteiger partial charge in [-0.25, -0.2) is 0 Å². The molecule has 0 spiro atoms. The topological polar surface area (TPSA) is 61.4 Å². The molecule has 0 aliphatic heterocycles. The van der Waals surface area contributed by atoms with Crippen molar-refractivity contribution in [3.8, 4) is 5.75 Å². The highest BCUT2D eigenvalue weighted by Gasteiger charge is 2.17. The lowest BCUT2D eigenvalue weighted by Gasteiger charge is -2.11. The van der Waals surface area contributed by atoms with Gasteiger partial charge < -0.3 is 4.74 Å². The van der Waals surface area contributed by atoms with Crippen LogP contribution in [0.2, 0.25) is 0 Å². The first-order valence-corrected chi connectivity index (χ1v) is 11.4. The van der Waals surface area contributed by atoms with Crippen LogP contribution in [0, 0.1) is 6.92 Å². The summed E-state index contributed by atoms with van der Waals surface area (Å²) in [4.78, 5) is 13.3. The fourth-order valence-electron chi connectivity index (χ4n) is 3.73. The van der Waals surface area contributed by atoms with Gasteiger partial charge in [-0.2, -0.15) is 0 Å². The first-order chi connectivity index (χ1) is 15.7. The van der Waals surface area contributed by atoms with E-state index in [1.54, 1.807) is 16.3 Å². The third-order valence-electron chi connectivity index (χ3n) is 5.23. The van der Waals surface area contributed by atoms with E-state index in [1.165, 1.54) is 5.56 Å². The summed E-state index contributed by atoms with van der Waals surface area (Å²) in [6.07, 6.45) is 0. The molecule has 0 amide bonds.